The average Bonchev–Trinajstić information content (AvgIpc) is 2.82. The number of benzene rings is 1. The molecule has 5 nitrogen and oxygen atoms in total. The Bertz CT molecular complexity index is 979. The van der Waals surface area contributed by atoms with E-state index in [1.165, 1.54) is 0 Å². The van der Waals surface area contributed by atoms with E-state index in [4.69, 9.17) is 0 Å². The maximum Gasteiger partial charge on any atom is 0.265 e. The number of fused-ring (bicyclic) bond motifs is 2. The smallest absolute Gasteiger partial charge is 0.265 e. The lowest BCUT2D eigenvalue weighted by Crippen LogP contribution is -2.42. The number of rotatable bonds is 3. The predicted octanol–water partition coefficient (Wildman–Crippen LogP) is 4.27. The highest BCUT2D eigenvalue weighted by atomic mass is 32.2. The van der Waals surface area contributed by atoms with Crippen LogP contribution < -0.4 is 0 Å². The molecule has 2 fully saturated rings. The summed E-state index contributed by atoms with van der Waals surface area (Å²) >= 11 is 0. The van der Waals surface area contributed by atoms with E-state index >= 15 is 0 Å². The summed E-state index contributed by atoms with van der Waals surface area (Å²) in [5, 5.41) is 10.9. The lowest BCUT2D eigenvalue weighted by atomic mass is 9.70. The van der Waals surface area contributed by atoms with Crippen LogP contribution in [-0.4, -0.2) is 29.6 Å². The van der Waals surface area contributed by atoms with Crippen molar-refractivity contribution in [3.05, 3.63) is 34.4 Å². The Morgan fingerprint density at radius 1 is 1.25 bits per heavy atom. The molecule has 154 valence electrons. The van der Waals surface area contributed by atoms with E-state index in [2.05, 4.69) is 0 Å². The second-order valence-electron chi connectivity index (χ2n) is 10.1. The molecule has 6 heteroatoms. The lowest BCUT2D eigenvalue weighted by molar-refractivity contribution is -0.125. The molecule has 0 spiro atoms. The first-order chi connectivity index (χ1) is 12.6. The van der Waals surface area contributed by atoms with Crippen LogP contribution in [0.2, 0.25) is 0 Å². The van der Waals surface area contributed by atoms with Gasteiger partial charge in [0.2, 0.25) is 0 Å². The molecular weight excluding hydrogens is 376 g/mol. The molecule has 1 aromatic carbocycles. The fourth-order valence-electron chi connectivity index (χ4n) is 5.25. The van der Waals surface area contributed by atoms with Gasteiger partial charge in [0.1, 0.15) is 5.75 Å². The first-order valence-electron chi connectivity index (χ1n) is 9.66. The van der Waals surface area contributed by atoms with Crippen molar-refractivity contribution in [3.63, 3.8) is 0 Å². The van der Waals surface area contributed by atoms with Gasteiger partial charge < -0.3 is 5.11 Å². The Labute approximate surface area is 167 Å². The van der Waals surface area contributed by atoms with Gasteiger partial charge in [-0.15, -0.1) is 0 Å². The topological polar surface area (TPSA) is 91.7 Å². The summed E-state index contributed by atoms with van der Waals surface area (Å²) in [6.07, 6.45) is 2.88. The molecule has 0 saturated heterocycles. The monoisotopic (exact) mass is 406 g/mol. The first-order valence-corrected chi connectivity index (χ1v) is 11.3. The standard InChI is InChI=1S/C22H30O5S/c1-13-9-14(18(23)17(10-13)20(2,3)4)11-15-16-7-8-22(19(15)24,21(16,5)6)12-28(25,26)27/h9-11,16,23H,7-8,12H2,1-6H3,(H,25,26,27). The molecular formula is C22H30O5S. The molecule has 2 saturated carbocycles. The fraction of sp³-hybridized carbons (Fsp3) is 0.591. The fourth-order valence-corrected chi connectivity index (χ4v) is 6.52. The van der Waals surface area contributed by atoms with Crippen molar-refractivity contribution >= 4 is 22.0 Å². The molecule has 2 N–H and O–H groups in total. The van der Waals surface area contributed by atoms with Gasteiger partial charge in [-0.05, 0) is 54.2 Å². The van der Waals surface area contributed by atoms with Gasteiger partial charge in [0.25, 0.3) is 10.1 Å². The number of phenols is 1. The summed E-state index contributed by atoms with van der Waals surface area (Å²) in [4.78, 5) is 13.3. The third-order valence-electron chi connectivity index (χ3n) is 6.87. The van der Waals surface area contributed by atoms with Gasteiger partial charge in [0.05, 0.1) is 11.2 Å². The maximum absolute atomic E-state index is 13.3. The average molecular weight is 407 g/mol. The van der Waals surface area contributed by atoms with Crippen molar-refractivity contribution in [2.24, 2.45) is 16.7 Å². The summed E-state index contributed by atoms with van der Waals surface area (Å²) in [7, 11) is -4.29. The summed E-state index contributed by atoms with van der Waals surface area (Å²) in [6.45, 7) is 11.8. The van der Waals surface area contributed by atoms with E-state index in [0.29, 0.717) is 24.0 Å². The molecule has 0 heterocycles. The maximum atomic E-state index is 13.3. The molecule has 0 radical (unpaired) electrons. The normalized spacial score (nSPS) is 28.3. The minimum Gasteiger partial charge on any atom is -0.507 e. The minimum absolute atomic E-state index is 0.0975. The summed E-state index contributed by atoms with van der Waals surface area (Å²) in [5.41, 5.74) is 0.993. The Hall–Kier alpha value is -1.66. The highest BCUT2D eigenvalue weighted by molar-refractivity contribution is 7.85. The molecule has 2 aliphatic carbocycles. The van der Waals surface area contributed by atoms with Crippen LogP contribution in [-0.2, 0) is 20.3 Å². The van der Waals surface area contributed by atoms with E-state index in [-0.39, 0.29) is 22.9 Å². The van der Waals surface area contributed by atoms with Crippen LogP contribution in [0.5, 0.6) is 5.75 Å². The minimum atomic E-state index is -4.29. The van der Waals surface area contributed by atoms with Crippen LogP contribution in [0.15, 0.2) is 17.7 Å². The number of ketones is 1. The highest BCUT2D eigenvalue weighted by Gasteiger charge is 2.67. The molecule has 2 unspecified atom stereocenters. The highest BCUT2D eigenvalue weighted by Crippen LogP contribution is 2.66. The Morgan fingerprint density at radius 3 is 2.39 bits per heavy atom. The molecule has 1 aromatic rings. The van der Waals surface area contributed by atoms with Crippen molar-refractivity contribution in [1.82, 2.24) is 0 Å². The van der Waals surface area contributed by atoms with Crippen LogP contribution in [0.1, 0.15) is 64.2 Å². The van der Waals surface area contributed by atoms with Gasteiger partial charge in [-0.3, -0.25) is 9.35 Å². The molecule has 28 heavy (non-hydrogen) atoms. The predicted molar refractivity (Wildman–Crippen MR) is 110 cm³/mol. The summed E-state index contributed by atoms with van der Waals surface area (Å²) in [5.74, 6) is -0.709. The number of hydrogen-bond acceptors (Lipinski definition) is 4. The van der Waals surface area contributed by atoms with Gasteiger partial charge in [-0.1, -0.05) is 40.7 Å². The lowest BCUT2D eigenvalue weighted by Gasteiger charge is -2.34. The van der Waals surface area contributed by atoms with Crippen molar-refractivity contribution in [1.29, 1.82) is 0 Å². The summed E-state index contributed by atoms with van der Waals surface area (Å²) in [6, 6.07) is 3.79. The second kappa shape index (κ2) is 6.17. The van der Waals surface area contributed by atoms with Crippen LogP contribution in [0.25, 0.3) is 6.08 Å². The number of allylic oxidation sites excluding steroid dienone is 1. The summed E-state index contributed by atoms with van der Waals surface area (Å²) < 4.78 is 32.8. The first kappa shape index (κ1) is 21.1. The van der Waals surface area contributed by atoms with Crippen LogP contribution in [0.3, 0.4) is 0 Å². The van der Waals surface area contributed by atoms with Crippen molar-refractivity contribution < 1.29 is 22.9 Å². The third kappa shape index (κ3) is 3.11. The Balaban J connectivity index is 2.16. The Kier molecular flexibility index (Phi) is 4.64. The van der Waals surface area contributed by atoms with E-state index in [1.807, 2.05) is 53.7 Å². The number of aryl methyl sites for hydroxylation is 1. The van der Waals surface area contributed by atoms with Gasteiger partial charge in [-0.25, -0.2) is 0 Å². The Morgan fingerprint density at radius 2 is 1.86 bits per heavy atom. The SMILES string of the molecule is Cc1cc(C=C2C(=O)C3(CS(=O)(=O)O)CCC2C3(C)C)c(O)c(C(C)(C)C)c1. The van der Waals surface area contributed by atoms with Crippen molar-refractivity contribution in [3.8, 4) is 5.75 Å². The molecule has 0 aliphatic heterocycles. The second-order valence-corrected chi connectivity index (χ2v) is 11.5. The number of aromatic hydroxyl groups is 1. The zero-order valence-corrected chi connectivity index (χ0v) is 18.3. The van der Waals surface area contributed by atoms with Crippen LogP contribution in [0, 0.1) is 23.7 Å². The number of carbonyl (C=O) groups is 1. The van der Waals surface area contributed by atoms with E-state index < -0.39 is 26.7 Å². The third-order valence-corrected chi connectivity index (χ3v) is 7.73. The van der Waals surface area contributed by atoms with Gasteiger partial charge in [0, 0.05) is 16.7 Å². The van der Waals surface area contributed by atoms with Crippen LogP contribution in [0.4, 0.5) is 0 Å². The van der Waals surface area contributed by atoms with Gasteiger partial charge >= 0.3 is 0 Å². The molecule has 0 aromatic heterocycles. The zero-order chi connectivity index (χ0) is 21.3. The number of phenolic OH excluding ortho intramolecular Hbond substituents is 1. The zero-order valence-electron chi connectivity index (χ0n) is 17.5. The van der Waals surface area contributed by atoms with Crippen LogP contribution >= 0.6 is 0 Å². The molecule has 2 bridgehead atoms. The number of Topliss-reactive ketones (excluding diaryl/α,β-unsaturated/α-hetero) is 1. The molecule has 3 rings (SSSR count). The molecule has 0 amide bonds. The largest absolute Gasteiger partial charge is 0.507 e. The van der Waals surface area contributed by atoms with E-state index in [0.717, 1.165) is 11.1 Å². The molecule has 2 atom stereocenters. The van der Waals surface area contributed by atoms with E-state index in [1.54, 1.807) is 6.08 Å². The van der Waals surface area contributed by atoms with E-state index in [9.17, 15) is 22.9 Å². The van der Waals surface area contributed by atoms with Gasteiger partial charge in [0.15, 0.2) is 5.78 Å². The van der Waals surface area contributed by atoms with Crippen molar-refractivity contribution in [2.75, 3.05) is 5.75 Å². The van der Waals surface area contributed by atoms with Crippen molar-refractivity contribution in [2.45, 2.75) is 59.8 Å². The number of hydrogen-bond donors (Lipinski definition) is 2. The quantitative estimate of drug-likeness (QED) is 0.578. The molecule has 2 aliphatic rings. The van der Waals surface area contributed by atoms with Gasteiger partial charge in [-0.2, -0.15) is 8.42 Å². The number of carbonyl (C=O) groups excluding carboxylic acids is 1.